The fourth-order valence-corrected chi connectivity index (χ4v) is 5.30. The van der Waals surface area contributed by atoms with Gasteiger partial charge in [0.25, 0.3) is 23.6 Å². The first-order chi connectivity index (χ1) is 17.0. The molecule has 0 bridgehead atoms. The number of carbonyl (C=O) groups is 4. The van der Waals surface area contributed by atoms with E-state index in [1.54, 1.807) is 42.5 Å². The van der Waals surface area contributed by atoms with Gasteiger partial charge in [-0.1, -0.05) is 31.7 Å². The lowest BCUT2D eigenvalue weighted by Gasteiger charge is -2.21. The minimum Gasteiger partial charge on any atom is -0.339 e. The van der Waals surface area contributed by atoms with E-state index < -0.39 is 11.8 Å². The Labute approximate surface area is 205 Å². The lowest BCUT2D eigenvalue weighted by atomic mass is 10.0. The largest absolute Gasteiger partial charge is 0.339 e. The molecule has 0 radical (unpaired) electrons. The van der Waals surface area contributed by atoms with Gasteiger partial charge in [-0.15, -0.1) is 0 Å². The Balaban J connectivity index is 1.39. The molecule has 7 nitrogen and oxygen atoms in total. The van der Waals surface area contributed by atoms with E-state index in [0.717, 1.165) is 69.4 Å². The van der Waals surface area contributed by atoms with Crippen molar-refractivity contribution in [2.45, 2.75) is 51.4 Å². The lowest BCUT2D eigenvalue weighted by Crippen LogP contribution is -2.33. The van der Waals surface area contributed by atoms with Gasteiger partial charge in [0.1, 0.15) is 0 Å². The second-order valence-electron chi connectivity index (χ2n) is 9.67. The van der Waals surface area contributed by atoms with Crippen LogP contribution in [0.4, 0.5) is 5.69 Å². The van der Waals surface area contributed by atoms with Gasteiger partial charge < -0.3 is 9.80 Å². The Morgan fingerprint density at radius 3 is 1.66 bits per heavy atom. The molecule has 0 aliphatic carbocycles. The van der Waals surface area contributed by atoms with Crippen molar-refractivity contribution in [1.29, 1.82) is 0 Å². The van der Waals surface area contributed by atoms with Crippen LogP contribution >= 0.6 is 0 Å². The topological polar surface area (TPSA) is 78.0 Å². The van der Waals surface area contributed by atoms with Gasteiger partial charge in [-0.2, -0.15) is 0 Å². The highest BCUT2D eigenvalue weighted by atomic mass is 16.2. The van der Waals surface area contributed by atoms with E-state index in [1.165, 1.54) is 0 Å². The molecule has 0 aromatic heterocycles. The molecule has 182 valence electrons. The van der Waals surface area contributed by atoms with Crippen molar-refractivity contribution >= 4 is 29.3 Å². The number of imide groups is 1. The fourth-order valence-electron chi connectivity index (χ4n) is 5.30. The van der Waals surface area contributed by atoms with Crippen LogP contribution in [0.15, 0.2) is 42.5 Å². The summed E-state index contributed by atoms with van der Waals surface area (Å²) in [4.78, 5) is 57.5. The van der Waals surface area contributed by atoms with Crippen LogP contribution in [-0.4, -0.2) is 59.6 Å². The minimum absolute atomic E-state index is 0.0734. The standard InChI is InChI=1S/C28H31N3O4/c32-25(29-14-5-1-2-6-15-29)20-10-9-11-22(18-20)31-27(34)23-13-12-21(19-24(23)28(31)35)26(33)30-16-7-3-4-8-17-30/h9-13,18-19H,1-8,14-17H2. The summed E-state index contributed by atoms with van der Waals surface area (Å²) < 4.78 is 0. The zero-order chi connectivity index (χ0) is 24.4. The molecule has 3 aliphatic heterocycles. The van der Waals surface area contributed by atoms with Gasteiger partial charge in [0.05, 0.1) is 16.8 Å². The predicted molar refractivity (Wildman–Crippen MR) is 133 cm³/mol. The number of fused-ring (bicyclic) bond motifs is 1. The first kappa shape index (κ1) is 23.3. The summed E-state index contributed by atoms with van der Waals surface area (Å²) in [6.07, 6.45) is 8.43. The first-order valence-electron chi connectivity index (χ1n) is 12.8. The maximum atomic E-state index is 13.3. The second kappa shape index (κ2) is 10.0. The lowest BCUT2D eigenvalue weighted by molar-refractivity contribution is 0.0754. The molecule has 3 heterocycles. The number of anilines is 1. The zero-order valence-corrected chi connectivity index (χ0v) is 20.0. The number of likely N-dealkylation sites (tertiary alicyclic amines) is 2. The molecule has 0 spiro atoms. The minimum atomic E-state index is -0.463. The van der Waals surface area contributed by atoms with Crippen LogP contribution < -0.4 is 4.90 Å². The first-order valence-corrected chi connectivity index (χ1v) is 12.8. The molecule has 5 rings (SSSR count). The quantitative estimate of drug-likeness (QED) is 0.614. The summed E-state index contributed by atoms with van der Waals surface area (Å²) in [5.41, 5.74) is 1.79. The summed E-state index contributed by atoms with van der Waals surface area (Å²) in [6.45, 7) is 2.88. The Hall–Kier alpha value is -3.48. The fraction of sp³-hybridized carbons (Fsp3) is 0.429. The summed E-state index contributed by atoms with van der Waals surface area (Å²) in [5.74, 6) is -1.07. The van der Waals surface area contributed by atoms with E-state index in [-0.39, 0.29) is 22.9 Å². The molecule has 4 amide bonds. The van der Waals surface area contributed by atoms with Crippen molar-refractivity contribution in [3.8, 4) is 0 Å². The average molecular weight is 474 g/mol. The van der Waals surface area contributed by atoms with Crippen LogP contribution in [-0.2, 0) is 0 Å². The molecule has 2 saturated heterocycles. The third-order valence-electron chi connectivity index (χ3n) is 7.27. The zero-order valence-electron chi connectivity index (χ0n) is 20.0. The normalized spacial score (nSPS) is 18.8. The van der Waals surface area contributed by atoms with E-state index in [2.05, 4.69) is 0 Å². The van der Waals surface area contributed by atoms with Gasteiger partial charge in [-0.05, 0) is 62.1 Å². The highest BCUT2D eigenvalue weighted by Crippen LogP contribution is 2.30. The number of hydrogen-bond acceptors (Lipinski definition) is 4. The molecule has 0 atom stereocenters. The maximum absolute atomic E-state index is 13.3. The molecule has 2 aromatic carbocycles. The van der Waals surface area contributed by atoms with Crippen molar-refractivity contribution < 1.29 is 19.2 Å². The SMILES string of the molecule is O=C(c1cccc(N2C(=O)c3ccc(C(=O)N4CCCCCC4)cc3C2=O)c1)N1CCCCCC1. The van der Waals surface area contributed by atoms with Crippen LogP contribution in [0.1, 0.15) is 92.8 Å². The van der Waals surface area contributed by atoms with Gasteiger partial charge >= 0.3 is 0 Å². The van der Waals surface area contributed by atoms with Crippen molar-refractivity contribution in [3.05, 3.63) is 64.7 Å². The van der Waals surface area contributed by atoms with Gasteiger partial charge in [0, 0.05) is 37.3 Å². The molecule has 7 heteroatoms. The van der Waals surface area contributed by atoms with Crippen LogP contribution in [0.3, 0.4) is 0 Å². The van der Waals surface area contributed by atoms with Crippen molar-refractivity contribution in [1.82, 2.24) is 9.80 Å². The van der Waals surface area contributed by atoms with E-state index in [0.29, 0.717) is 29.9 Å². The Morgan fingerprint density at radius 1 is 0.571 bits per heavy atom. The maximum Gasteiger partial charge on any atom is 0.266 e. The molecule has 35 heavy (non-hydrogen) atoms. The Kier molecular flexibility index (Phi) is 6.66. The highest BCUT2D eigenvalue weighted by molar-refractivity contribution is 6.34. The van der Waals surface area contributed by atoms with Gasteiger partial charge in [0.15, 0.2) is 0 Å². The Morgan fingerprint density at radius 2 is 1.09 bits per heavy atom. The monoisotopic (exact) mass is 473 g/mol. The van der Waals surface area contributed by atoms with E-state index in [9.17, 15) is 19.2 Å². The number of nitrogens with zero attached hydrogens (tertiary/aromatic N) is 3. The molecule has 0 N–H and O–H groups in total. The van der Waals surface area contributed by atoms with Crippen LogP contribution in [0.25, 0.3) is 0 Å². The summed E-state index contributed by atoms with van der Waals surface area (Å²) in [6, 6.07) is 11.5. The third-order valence-corrected chi connectivity index (χ3v) is 7.27. The van der Waals surface area contributed by atoms with Gasteiger partial charge in [-0.3, -0.25) is 19.2 Å². The summed E-state index contributed by atoms with van der Waals surface area (Å²) in [7, 11) is 0. The van der Waals surface area contributed by atoms with Gasteiger partial charge in [0.2, 0.25) is 0 Å². The number of benzene rings is 2. The molecule has 2 aromatic rings. The average Bonchev–Trinajstić information content (AvgIpc) is 3.21. The molecular formula is C28H31N3O4. The van der Waals surface area contributed by atoms with E-state index in [1.807, 2.05) is 9.80 Å². The van der Waals surface area contributed by atoms with Gasteiger partial charge in [-0.25, -0.2) is 4.90 Å². The summed E-state index contributed by atoms with van der Waals surface area (Å²) >= 11 is 0. The van der Waals surface area contributed by atoms with Crippen molar-refractivity contribution in [3.63, 3.8) is 0 Å². The smallest absolute Gasteiger partial charge is 0.266 e. The second-order valence-corrected chi connectivity index (χ2v) is 9.67. The number of carbonyl (C=O) groups excluding carboxylic acids is 4. The Bertz CT molecular complexity index is 1160. The van der Waals surface area contributed by atoms with Crippen molar-refractivity contribution in [2.24, 2.45) is 0 Å². The van der Waals surface area contributed by atoms with Crippen LogP contribution in [0.2, 0.25) is 0 Å². The highest BCUT2D eigenvalue weighted by Gasteiger charge is 2.37. The predicted octanol–water partition coefficient (Wildman–Crippen LogP) is 4.52. The van der Waals surface area contributed by atoms with E-state index in [4.69, 9.17) is 0 Å². The number of amides is 4. The summed E-state index contributed by atoms with van der Waals surface area (Å²) in [5, 5.41) is 0. The van der Waals surface area contributed by atoms with Crippen LogP contribution in [0.5, 0.6) is 0 Å². The number of hydrogen-bond donors (Lipinski definition) is 0. The third kappa shape index (κ3) is 4.59. The number of rotatable bonds is 3. The molecule has 2 fully saturated rings. The molecular weight excluding hydrogens is 442 g/mol. The van der Waals surface area contributed by atoms with Crippen LogP contribution in [0, 0.1) is 0 Å². The molecule has 3 aliphatic rings. The van der Waals surface area contributed by atoms with Crippen molar-refractivity contribution in [2.75, 3.05) is 31.1 Å². The molecule has 0 saturated carbocycles. The molecule has 0 unspecified atom stereocenters. The van der Waals surface area contributed by atoms with E-state index >= 15 is 0 Å².